The summed E-state index contributed by atoms with van der Waals surface area (Å²) in [6, 6.07) is 0.142. The Bertz CT molecular complexity index is 807. The highest BCUT2D eigenvalue weighted by molar-refractivity contribution is 5.79. The summed E-state index contributed by atoms with van der Waals surface area (Å²) in [5, 5.41) is 12.4. The van der Waals surface area contributed by atoms with Crippen LogP contribution in [0.4, 0.5) is 0 Å². The van der Waals surface area contributed by atoms with Gasteiger partial charge in [0.15, 0.2) is 0 Å². The fourth-order valence-corrected chi connectivity index (χ4v) is 8.97. The molecule has 2 saturated heterocycles. The second kappa shape index (κ2) is 8.75. The molecule has 2 aliphatic heterocycles. The normalized spacial score (nSPS) is 49.2. The summed E-state index contributed by atoms with van der Waals surface area (Å²) in [7, 11) is 0. The number of carbonyl (C=O) groups excluding carboxylic acids is 1. The highest BCUT2D eigenvalue weighted by Crippen LogP contribution is 2.56. The van der Waals surface area contributed by atoms with Crippen LogP contribution in [-0.2, 0) is 9.53 Å². The zero-order valence-electron chi connectivity index (χ0n) is 21.7. The Labute approximate surface area is 201 Å². The van der Waals surface area contributed by atoms with Crippen molar-refractivity contribution in [3.05, 3.63) is 11.1 Å². The molecule has 4 nitrogen and oxygen atoms in total. The first kappa shape index (κ1) is 24.0. The molecule has 186 valence electrons. The summed E-state index contributed by atoms with van der Waals surface area (Å²) in [6.45, 7) is 12.7. The van der Waals surface area contributed by atoms with Gasteiger partial charge in [-0.25, -0.2) is 0 Å². The maximum atomic E-state index is 12.2. The Morgan fingerprint density at radius 2 is 1.94 bits per heavy atom. The number of fused-ring (bicyclic) bond motifs is 2. The van der Waals surface area contributed by atoms with E-state index in [-0.39, 0.29) is 17.7 Å². The monoisotopic (exact) mass is 457 g/mol. The van der Waals surface area contributed by atoms with E-state index in [2.05, 4.69) is 34.6 Å². The number of hydroxylamine groups is 2. The summed E-state index contributed by atoms with van der Waals surface area (Å²) >= 11 is 0. The number of ether oxygens (including phenoxy) is 1. The van der Waals surface area contributed by atoms with Gasteiger partial charge in [-0.05, 0) is 87.4 Å². The maximum Gasteiger partial charge on any atom is 0.133 e. The van der Waals surface area contributed by atoms with E-state index in [9.17, 15) is 10.0 Å². The standard InChI is InChI=1S/C29H47NO3/c1-18-13-26-27(30(32)17-18)21(4)29(33-26)12-9-19(2)25(20(3)16-29)15-23-8-6-7-22-14-24(31)10-11-28(22,23)5/h18-19,21-23,26-27,32H,6-17H2,1-5H3/t18?,19?,21-,22?,23?,26-,27+,28+,29+/m1/s1. The minimum atomic E-state index is -0.128. The number of carbonyl (C=O) groups is 1. The van der Waals surface area contributed by atoms with Crippen LogP contribution >= 0.6 is 0 Å². The van der Waals surface area contributed by atoms with E-state index in [0.717, 1.165) is 45.1 Å². The van der Waals surface area contributed by atoms with Crippen LogP contribution in [0.5, 0.6) is 0 Å². The summed E-state index contributed by atoms with van der Waals surface area (Å²) < 4.78 is 6.93. The van der Waals surface area contributed by atoms with Gasteiger partial charge in [0, 0.05) is 25.3 Å². The van der Waals surface area contributed by atoms with Gasteiger partial charge < -0.3 is 9.94 Å². The van der Waals surface area contributed by atoms with E-state index < -0.39 is 0 Å². The van der Waals surface area contributed by atoms with Crippen LogP contribution in [0.2, 0.25) is 0 Å². The number of nitrogens with zero attached hydrogens (tertiary/aromatic N) is 1. The van der Waals surface area contributed by atoms with Crippen LogP contribution in [0.1, 0.15) is 105 Å². The molecule has 2 heterocycles. The Morgan fingerprint density at radius 3 is 2.73 bits per heavy atom. The third-order valence-electron chi connectivity index (χ3n) is 11.1. The molecule has 0 aromatic heterocycles. The zero-order valence-corrected chi connectivity index (χ0v) is 21.7. The summed E-state index contributed by atoms with van der Waals surface area (Å²) in [6.07, 6.45) is 12.3. The van der Waals surface area contributed by atoms with Gasteiger partial charge in [-0.3, -0.25) is 4.79 Å². The van der Waals surface area contributed by atoms with Crippen molar-refractivity contribution < 1.29 is 14.7 Å². The van der Waals surface area contributed by atoms with Crippen LogP contribution in [0.25, 0.3) is 0 Å². The number of hydrogen-bond acceptors (Lipinski definition) is 4. The predicted molar refractivity (Wildman–Crippen MR) is 131 cm³/mol. The van der Waals surface area contributed by atoms with E-state index in [0.29, 0.717) is 40.8 Å². The van der Waals surface area contributed by atoms with Crippen LogP contribution < -0.4 is 0 Å². The third kappa shape index (κ3) is 4.06. The average molecular weight is 458 g/mol. The van der Waals surface area contributed by atoms with Crippen molar-refractivity contribution in [2.24, 2.45) is 35.0 Å². The van der Waals surface area contributed by atoms with Crippen molar-refractivity contribution in [1.29, 1.82) is 0 Å². The van der Waals surface area contributed by atoms with Crippen molar-refractivity contribution in [2.45, 2.75) is 123 Å². The Balaban J connectivity index is 1.38. The largest absolute Gasteiger partial charge is 0.369 e. The molecule has 3 aliphatic carbocycles. The van der Waals surface area contributed by atoms with Crippen molar-refractivity contribution >= 4 is 5.78 Å². The first-order chi connectivity index (χ1) is 15.6. The molecule has 5 rings (SSSR count). The van der Waals surface area contributed by atoms with Gasteiger partial charge in [0.05, 0.1) is 17.7 Å². The first-order valence-corrected chi connectivity index (χ1v) is 14.0. The van der Waals surface area contributed by atoms with Crippen molar-refractivity contribution in [2.75, 3.05) is 6.54 Å². The van der Waals surface area contributed by atoms with Crippen LogP contribution in [0.3, 0.4) is 0 Å². The van der Waals surface area contributed by atoms with Gasteiger partial charge in [-0.2, -0.15) is 5.06 Å². The van der Waals surface area contributed by atoms with E-state index in [1.807, 2.05) is 0 Å². The average Bonchev–Trinajstić information content (AvgIpc) is 2.95. The molecule has 5 aliphatic rings. The van der Waals surface area contributed by atoms with Crippen LogP contribution in [-0.4, -0.2) is 40.3 Å². The van der Waals surface area contributed by atoms with E-state index in [1.165, 1.54) is 32.1 Å². The van der Waals surface area contributed by atoms with E-state index >= 15 is 0 Å². The molecular formula is C29H47NO3. The number of hydrogen-bond donors (Lipinski definition) is 1. The quantitative estimate of drug-likeness (QED) is 0.477. The molecule has 0 bridgehead atoms. The highest BCUT2D eigenvalue weighted by atomic mass is 16.5. The van der Waals surface area contributed by atoms with Crippen LogP contribution in [0.15, 0.2) is 11.1 Å². The van der Waals surface area contributed by atoms with E-state index in [4.69, 9.17) is 4.74 Å². The summed E-state index contributed by atoms with van der Waals surface area (Å²) in [5.41, 5.74) is 3.45. The first-order valence-electron chi connectivity index (χ1n) is 14.0. The molecule has 0 aromatic rings. The number of allylic oxidation sites excluding steroid dienone is 1. The third-order valence-corrected chi connectivity index (χ3v) is 11.1. The molecular weight excluding hydrogens is 410 g/mol. The number of Topliss-reactive ketones (excluding diaryl/α,β-unsaturated/α-hetero) is 1. The van der Waals surface area contributed by atoms with Crippen molar-refractivity contribution in [3.8, 4) is 0 Å². The van der Waals surface area contributed by atoms with Gasteiger partial charge in [-0.15, -0.1) is 0 Å². The smallest absolute Gasteiger partial charge is 0.133 e. The molecule has 4 fully saturated rings. The molecule has 0 amide bonds. The molecule has 0 radical (unpaired) electrons. The Morgan fingerprint density at radius 1 is 1.15 bits per heavy atom. The topological polar surface area (TPSA) is 49.8 Å². The summed E-state index contributed by atoms with van der Waals surface area (Å²) in [5.74, 6) is 3.24. The maximum absolute atomic E-state index is 12.2. The molecule has 4 unspecified atom stereocenters. The fourth-order valence-electron chi connectivity index (χ4n) is 8.97. The van der Waals surface area contributed by atoms with Crippen molar-refractivity contribution in [1.82, 2.24) is 5.06 Å². The van der Waals surface area contributed by atoms with Gasteiger partial charge >= 0.3 is 0 Å². The molecule has 33 heavy (non-hydrogen) atoms. The molecule has 1 spiro atoms. The molecule has 2 saturated carbocycles. The number of ketones is 1. The number of rotatable bonds is 2. The second-order valence-electron chi connectivity index (χ2n) is 13.2. The lowest BCUT2D eigenvalue weighted by molar-refractivity contribution is -0.178. The minimum absolute atomic E-state index is 0.128. The lowest BCUT2D eigenvalue weighted by Crippen LogP contribution is -2.50. The lowest BCUT2D eigenvalue weighted by Gasteiger charge is -2.51. The SMILES string of the molecule is CC1=C(CC2CCCC3CC(=O)CC[C@@]32C)C(C)CC[C@@]2(C1)O[C@@H]1CC(C)CN(O)[C@H]1[C@H]2C. The van der Waals surface area contributed by atoms with Gasteiger partial charge in [0.25, 0.3) is 0 Å². The van der Waals surface area contributed by atoms with Crippen LogP contribution in [0, 0.1) is 35.0 Å². The lowest BCUT2D eigenvalue weighted by atomic mass is 9.54. The van der Waals surface area contributed by atoms with Gasteiger partial charge in [0.1, 0.15) is 5.78 Å². The molecule has 4 heteroatoms. The fraction of sp³-hybridized carbons (Fsp3) is 0.897. The molecule has 0 aromatic carbocycles. The molecule has 1 N–H and O–H groups in total. The zero-order chi connectivity index (χ0) is 23.5. The highest BCUT2D eigenvalue weighted by Gasteiger charge is 2.56. The Kier molecular flexibility index (Phi) is 6.36. The summed E-state index contributed by atoms with van der Waals surface area (Å²) in [4.78, 5) is 12.2. The Hall–Kier alpha value is -0.710. The number of piperidine rings is 1. The predicted octanol–water partition coefficient (Wildman–Crippen LogP) is 6.56. The molecule has 9 atom stereocenters. The van der Waals surface area contributed by atoms with Gasteiger partial charge in [-0.1, -0.05) is 45.3 Å². The van der Waals surface area contributed by atoms with Crippen molar-refractivity contribution in [3.63, 3.8) is 0 Å². The van der Waals surface area contributed by atoms with Gasteiger partial charge in [0.2, 0.25) is 0 Å². The second-order valence-corrected chi connectivity index (χ2v) is 13.2. The minimum Gasteiger partial charge on any atom is -0.369 e. The van der Waals surface area contributed by atoms with E-state index in [1.54, 1.807) is 16.2 Å².